The Morgan fingerprint density at radius 1 is 0.477 bits per heavy atom. The molecule has 0 amide bonds. The van der Waals surface area contributed by atoms with Gasteiger partial charge in [-0.25, -0.2) is 0 Å². The molecule has 0 saturated carbocycles. The molecule has 0 spiro atoms. The summed E-state index contributed by atoms with van der Waals surface area (Å²) in [6, 6.07) is 43.2. The van der Waals surface area contributed by atoms with E-state index in [2.05, 4.69) is 160 Å². The SMILES string of the molecule is CCC(C)[C@@H](COP(c1ccccc1)c1ccccc1)NCCN[C@H](COP(c1ccccc1)c1ccccc1)C(C)CC. The van der Waals surface area contributed by atoms with Crippen molar-refractivity contribution in [2.45, 2.75) is 52.6 Å². The topological polar surface area (TPSA) is 42.5 Å². The number of rotatable bonds is 19. The van der Waals surface area contributed by atoms with Crippen molar-refractivity contribution in [2.24, 2.45) is 11.8 Å². The van der Waals surface area contributed by atoms with Gasteiger partial charge < -0.3 is 19.7 Å². The first-order valence-corrected chi connectivity index (χ1v) is 18.7. The highest BCUT2D eigenvalue weighted by Crippen LogP contribution is 2.36. The molecule has 0 aromatic heterocycles. The third kappa shape index (κ3) is 10.6. The maximum atomic E-state index is 6.75. The van der Waals surface area contributed by atoms with Crippen molar-refractivity contribution in [1.82, 2.24) is 10.6 Å². The molecular weight excluding hydrogens is 578 g/mol. The summed E-state index contributed by atoms with van der Waals surface area (Å²) >= 11 is 0. The van der Waals surface area contributed by atoms with Crippen LogP contribution < -0.4 is 31.9 Å². The van der Waals surface area contributed by atoms with Gasteiger partial charge in [-0.15, -0.1) is 0 Å². The maximum Gasteiger partial charge on any atom is 0.0918 e. The van der Waals surface area contributed by atoms with Gasteiger partial charge in [0.2, 0.25) is 0 Å². The first kappa shape index (κ1) is 34.5. The zero-order valence-electron chi connectivity index (χ0n) is 26.8. The van der Waals surface area contributed by atoms with Crippen LogP contribution in [0.2, 0.25) is 0 Å². The Balaban J connectivity index is 1.35. The summed E-state index contributed by atoms with van der Waals surface area (Å²) in [5.41, 5.74) is 0. The quantitative estimate of drug-likeness (QED) is 0.0857. The van der Waals surface area contributed by atoms with Crippen molar-refractivity contribution in [3.63, 3.8) is 0 Å². The summed E-state index contributed by atoms with van der Waals surface area (Å²) in [4.78, 5) is 0. The first-order chi connectivity index (χ1) is 21.6. The molecule has 0 fully saturated rings. The van der Waals surface area contributed by atoms with Gasteiger partial charge in [-0.1, -0.05) is 162 Å². The second-order valence-corrected chi connectivity index (χ2v) is 15.2. The van der Waals surface area contributed by atoms with Gasteiger partial charge >= 0.3 is 0 Å². The van der Waals surface area contributed by atoms with Crippen LogP contribution in [0.15, 0.2) is 121 Å². The van der Waals surface area contributed by atoms with E-state index in [1.54, 1.807) is 0 Å². The minimum atomic E-state index is -0.873. The Kier molecular flexibility index (Phi) is 15.0. The Hall–Kier alpha value is -2.42. The molecule has 4 aromatic rings. The Labute approximate surface area is 268 Å². The van der Waals surface area contributed by atoms with E-state index in [9.17, 15) is 0 Å². The third-order valence-electron chi connectivity index (χ3n) is 8.33. The monoisotopic (exact) mass is 628 g/mol. The molecule has 6 heteroatoms. The lowest BCUT2D eigenvalue weighted by molar-refractivity contribution is 0.226. The lowest BCUT2D eigenvalue weighted by Crippen LogP contribution is -2.46. The van der Waals surface area contributed by atoms with Crippen molar-refractivity contribution >= 4 is 37.5 Å². The molecule has 44 heavy (non-hydrogen) atoms. The molecule has 0 heterocycles. The largest absolute Gasteiger partial charge is 0.348 e. The lowest BCUT2D eigenvalue weighted by atomic mass is 9.99. The van der Waals surface area contributed by atoms with Crippen molar-refractivity contribution < 1.29 is 9.05 Å². The normalized spacial score (nSPS) is 14.4. The highest BCUT2D eigenvalue weighted by atomic mass is 31.1. The van der Waals surface area contributed by atoms with Gasteiger partial charge in [0, 0.05) is 46.4 Å². The van der Waals surface area contributed by atoms with Crippen molar-refractivity contribution in [1.29, 1.82) is 0 Å². The average molecular weight is 629 g/mol. The van der Waals surface area contributed by atoms with Crippen LogP contribution in [0.25, 0.3) is 0 Å². The Morgan fingerprint density at radius 3 is 1.00 bits per heavy atom. The summed E-state index contributed by atoms with van der Waals surface area (Å²) in [7, 11) is -1.75. The Bertz CT molecular complexity index is 1120. The third-order valence-corrected chi connectivity index (χ3v) is 12.2. The summed E-state index contributed by atoms with van der Waals surface area (Å²) in [5, 5.41) is 12.7. The smallest absolute Gasteiger partial charge is 0.0918 e. The molecule has 2 unspecified atom stereocenters. The van der Waals surface area contributed by atoms with Crippen LogP contribution in [-0.2, 0) is 9.05 Å². The summed E-state index contributed by atoms with van der Waals surface area (Å²) < 4.78 is 13.5. The highest BCUT2D eigenvalue weighted by molar-refractivity contribution is 7.68. The zero-order valence-corrected chi connectivity index (χ0v) is 28.6. The second-order valence-electron chi connectivity index (χ2n) is 11.4. The van der Waals surface area contributed by atoms with Crippen LogP contribution in [0.1, 0.15) is 40.5 Å². The van der Waals surface area contributed by atoms with E-state index in [-0.39, 0.29) is 12.1 Å². The van der Waals surface area contributed by atoms with Gasteiger partial charge in [-0.2, -0.15) is 0 Å². The fourth-order valence-corrected chi connectivity index (χ4v) is 8.68. The zero-order chi connectivity index (χ0) is 31.0. The molecule has 2 N–H and O–H groups in total. The summed E-state index contributed by atoms with van der Waals surface area (Å²) in [5.74, 6) is 1.01. The second kappa shape index (κ2) is 19.2. The molecular formula is C38H50N2O2P2. The highest BCUT2D eigenvalue weighted by Gasteiger charge is 2.23. The van der Waals surface area contributed by atoms with E-state index in [1.165, 1.54) is 21.2 Å². The average Bonchev–Trinajstić information content (AvgIpc) is 3.09. The molecule has 4 aromatic carbocycles. The fraction of sp³-hybridized carbons (Fsp3) is 0.368. The van der Waals surface area contributed by atoms with E-state index >= 15 is 0 Å². The summed E-state index contributed by atoms with van der Waals surface area (Å²) in [6.45, 7) is 12.3. The molecule has 0 saturated heterocycles. The van der Waals surface area contributed by atoms with Crippen LogP contribution in [0, 0.1) is 11.8 Å². The predicted molar refractivity (Wildman–Crippen MR) is 193 cm³/mol. The van der Waals surface area contributed by atoms with Crippen LogP contribution >= 0.6 is 16.3 Å². The van der Waals surface area contributed by atoms with Crippen molar-refractivity contribution in [2.75, 3.05) is 26.3 Å². The van der Waals surface area contributed by atoms with Gasteiger partial charge in [-0.3, -0.25) is 0 Å². The van der Waals surface area contributed by atoms with Crippen LogP contribution in [0.5, 0.6) is 0 Å². The lowest BCUT2D eigenvalue weighted by Gasteiger charge is -2.29. The molecule has 0 aliphatic carbocycles. The number of hydrogen-bond acceptors (Lipinski definition) is 4. The van der Waals surface area contributed by atoms with Crippen LogP contribution in [-0.4, -0.2) is 38.4 Å². The van der Waals surface area contributed by atoms with Crippen LogP contribution in [0.4, 0.5) is 0 Å². The number of benzene rings is 4. The van der Waals surface area contributed by atoms with E-state index in [4.69, 9.17) is 9.05 Å². The van der Waals surface area contributed by atoms with Crippen molar-refractivity contribution in [3.8, 4) is 0 Å². The Morgan fingerprint density at radius 2 is 0.750 bits per heavy atom. The van der Waals surface area contributed by atoms with Gasteiger partial charge in [-0.05, 0) is 11.8 Å². The molecule has 234 valence electrons. The number of hydrogen-bond donors (Lipinski definition) is 2. The van der Waals surface area contributed by atoms with Gasteiger partial charge in [0.1, 0.15) is 0 Å². The first-order valence-electron chi connectivity index (χ1n) is 16.1. The van der Waals surface area contributed by atoms with Crippen LogP contribution in [0.3, 0.4) is 0 Å². The van der Waals surface area contributed by atoms with Gasteiger partial charge in [0.15, 0.2) is 0 Å². The maximum absolute atomic E-state index is 6.75. The molecule has 0 bridgehead atoms. The van der Waals surface area contributed by atoms with E-state index in [0.717, 1.165) is 25.9 Å². The predicted octanol–water partition coefficient (Wildman–Crippen LogP) is 7.12. The number of nitrogens with one attached hydrogen (secondary N) is 2. The molecule has 4 atom stereocenters. The van der Waals surface area contributed by atoms with E-state index in [1.807, 2.05) is 0 Å². The molecule has 0 radical (unpaired) electrons. The van der Waals surface area contributed by atoms with Crippen molar-refractivity contribution in [3.05, 3.63) is 121 Å². The van der Waals surface area contributed by atoms with E-state index < -0.39 is 16.3 Å². The molecule has 0 aliphatic heterocycles. The standard InChI is InChI=1S/C38H50N2O2P2/c1-5-31(3)37(29-41-43(33-19-11-7-12-20-33)34-21-13-8-14-22-34)39-27-28-40-38(32(4)6-2)30-42-44(35-23-15-9-16-24-35)36-25-17-10-18-26-36/h7-26,31-32,37-40H,5-6,27-30H2,1-4H3/t31?,32?,37-,38-/m1/s1. The van der Waals surface area contributed by atoms with E-state index in [0.29, 0.717) is 25.0 Å². The molecule has 0 aliphatic rings. The minimum Gasteiger partial charge on any atom is -0.348 e. The summed E-state index contributed by atoms with van der Waals surface area (Å²) in [6.07, 6.45) is 2.21. The molecule has 4 rings (SSSR count). The van der Waals surface area contributed by atoms with Gasteiger partial charge in [0.05, 0.1) is 29.5 Å². The van der Waals surface area contributed by atoms with Gasteiger partial charge in [0.25, 0.3) is 0 Å². The fourth-order valence-electron chi connectivity index (χ4n) is 5.09. The molecule has 4 nitrogen and oxygen atoms in total. The minimum absolute atomic E-state index is 0.279.